The van der Waals surface area contributed by atoms with Crippen molar-refractivity contribution in [3.8, 4) is 6.07 Å². The average molecular weight is 349 g/mol. The van der Waals surface area contributed by atoms with Crippen molar-refractivity contribution in [3.63, 3.8) is 0 Å². The molecular formula is C14H9F6N3O. The van der Waals surface area contributed by atoms with Gasteiger partial charge in [-0.25, -0.2) is 4.98 Å². The standard InChI is InChI=1S/C14H9F6N3O/c15-13(16,17)7-23(6-11-5-22-8-24-11)10-2-1-9(4-21)12(3-10)14(18,19)20/h1-3,5,8H,6-7H2. The van der Waals surface area contributed by atoms with E-state index in [-0.39, 0.29) is 11.4 Å². The fraction of sp³-hybridized carbons (Fsp3) is 0.286. The average Bonchev–Trinajstić information content (AvgIpc) is 2.96. The molecule has 0 radical (unpaired) electrons. The number of benzene rings is 1. The lowest BCUT2D eigenvalue weighted by Crippen LogP contribution is -2.34. The Kier molecular flexibility index (Phi) is 4.73. The summed E-state index contributed by atoms with van der Waals surface area (Å²) in [6.07, 6.45) is -7.34. The summed E-state index contributed by atoms with van der Waals surface area (Å²) in [5.41, 5.74) is -2.31. The normalized spacial score (nSPS) is 12.0. The highest BCUT2D eigenvalue weighted by atomic mass is 19.4. The van der Waals surface area contributed by atoms with Gasteiger partial charge in [0.25, 0.3) is 0 Å². The third kappa shape index (κ3) is 4.41. The van der Waals surface area contributed by atoms with Crippen molar-refractivity contribution >= 4 is 5.69 Å². The second-order valence-electron chi connectivity index (χ2n) is 4.78. The Hall–Kier alpha value is -2.70. The van der Waals surface area contributed by atoms with Crippen LogP contribution in [0.5, 0.6) is 0 Å². The van der Waals surface area contributed by atoms with Gasteiger partial charge in [0.1, 0.15) is 12.3 Å². The first kappa shape index (κ1) is 17.7. The molecule has 1 heterocycles. The molecule has 0 fully saturated rings. The van der Waals surface area contributed by atoms with E-state index in [4.69, 9.17) is 9.68 Å². The lowest BCUT2D eigenvalue weighted by atomic mass is 10.1. The second kappa shape index (κ2) is 6.43. The van der Waals surface area contributed by atoms with Gasteiger partial charge in [-0.1, -0.05) is 0 Å². The molecule has 2 aromatic rings. The SMILES string of the molecule is N#Cc1ccc(N(Cc2cnco2)CC(F)(F)F)cc1C(F)(F)F. The van der Waals surface area contributed by atoms with E-state index in [1.54, 1.807) is 0 Å². The molecule has 0 atom stereocenters. The Morgan fingerprint density at radius 2 is 1.88 bits per heavy atom. The smallest absolute Gasteiger partial charge is 0.417 e. The van der Waals surface area contributed by atoms with Crippen LogP contribution in [-0.2, 0) is 12.7 Å². The van der Waals surface area contributed by atoms with E-state index in [9.17, 15) is 26.3 Å². The minimum atomic E-state index is -4.86. The van der Waals surface area contributed by atoms with E-state index in [1.807, 2.05) is 0 Å². The summed E-state index contributed by atoms with van der Waals surface area (Å²) in [5.74, 6) is 0.0529. The maximum atomic E-state index is 13.0. The number of nitrogens with zero attached hydrogens (tertiary/aromatic N) is 3. The first-order valence-corrected chi connectivity index (χ1v) is 6.40. The molecule has 0 aliphatic carbocycles. The van der Waals surface area contributed by atoms with Gasteiger partial charge in [0.15, 0.2) is 6.39 Å². The van der Waals surface area contributed by atoms with E-state index in [0.717, 1.165) is 24.7 Å². The van der Waals surface area contributed by atoms with Crippen LogP contribution in [0.4, 0.5) is 32.0 Å². The predicted molar refractivity (Wildman–Crippen MR) is 69.8 cm³/mol. The molecule has 24 heavy (non-hydrogen) atoms. The third-order valence-corrected chi connectivity index (χ3v) is 2.99. The summed E-state index contributed by atoms with van der Waals surface area (Å²) < 4.78 is 82.0. The lowest BCUT2D eigenvalue weighted by molar-refractivity contribution is -0.137. The van der Waals surface area contributed by atoms with Crippen molar-refractivity contribution in [2.75, 3.05) is 11.4 Å². The van der Waals surface area contributed by atoms with Crippen LogP contribution >= 0.6 is 0 Å². The van der Waals surface area contributed by atoms with E-state index in [0.29, 0.717) is 11.0 Å². The Balaban J connectivity index is 2.44. The molecule has 1 aromatic heterocycles. The van der Waals surface area contributed by atoms with Crippen LogP contribution in [-0.4, -0.2) is 17.7 Å². The number of hydrogen-bond donors (Lipinski definition) is 0. The molecule has 0 saturated carbocycles. The molecule has 0 spiro atoms. The Morgan fingerprint density at radius 1 is 1.17 bits per heavy atom. The molecule has 4 nitrogen and oxygen atoms in total. The maximum absolute atomic E-state index is 13.0. The zero-order valence-corrected chi connectivity index (χ0v) is 11.8. The third-order valence-electron chi connectivity index (χ3n) is 2.99. The zero-order chi connectivity index (χ0) is 18.0. The van der Waals surface area contributed by atoms with Gasteiger partial charge in [0, 0.05) is 5.69 Å². The number of rotatable bonds is 4. The topological polar surface area (TPSA) is 53.1 Å². The monoisotopic (exact) mass is 349 g/mol. The van der Waals surface area contributed by atoms with E-state index in [1.165, 1.54) is 6.07 Å². The fourth-order valence-electron chi connectivity index (χ4n) is 2.02. The van der Waals surface area contributed by atoms with Crippen LogP contribution in [0.15, 0.2) is 35.2 Å². The van der Waals surface area contributed by atoms with Crippen LogP contribution in [0.3, 0.4) is 0 Å². The van der Waals surface area contributed by atoms with Crippen LogP contribution in [0, 0.1) is 11.3 Å². The highest BCUT2D eigenvalue weighted by Crippen LogP contribution is 2.35. The molecule has 128 valence electrons. The van der Waals surface area contributed by atoms with Gasteiger partial charge in [0.2, 0.25) is 0 Å². The Morgan fingerprint density at radius 3 is 2.38 bits per heavy atom. The quantitative estimate of drug-likeness (QED) is 0.779. The minimum Gasteiger partial charge on any atom is -0.447 e. The number of anilines is 1. The molecule has 0 bridgehead atoms. The summed E-state index contributed by atoms with van der Waals surface area (Å²) in [5, 5.41) is 8.74. The highest BCUT2D eigenvalue weighted by Gasteiger charge is 2.36. The summed E-state index contributed by atoms with van der Waals surface area (Å²) in [7, 11) is 0. The number of halogens is 6. The second-order valence-corrected chi connectivity index (χ2v) is 4.78. The van der Waals surface area contributed by atoms with Crippen molar-refractivity contribution < 1.29 is 30.8 Å². The van der Waals surface area contributed by atoms with E-state index in [2.05, 4.69) is 4.98 Å². The molecule has 0 N–H and O–H groups in total. The lowest BCUT2D eigenvalue weighted by Gasteiger charge is -2.26. The summed E-state index contributed by atoms with van der Waals surface area (Å²) in [6, 6.07) is 3.75. The molecule has 1 aromatic carbocycles. The molecule has 2 rings (SSSR count). The van der Waals surface area contributed by atoms with Gasteiger partial charge in [-0.2, -0.15) is 31.6 Å². The van der Waals surface area contributed by atoms with Gasteiger partial charge >= 0.3 is 12.4 Å². The van der Waals surface area contributed by atoms with Gasteiger partial charge in [0.05, 0.1) is 29.9 Å². The van der Waals surface area contributed by atoms with E-state index >= 15 is 0 Å². The molecule has 0 aliphatic heterocycles. The van der Waals surface area contributed by atoms with Gasteiger partial charge in [-0.05, 0) is 18.2 Å². The van der Waals surface area contributed by atoms with Gasteiger partial charge < -0.3 is 9.32 Å². The van der Waals surface area contributed by atoms with Crippen molar-refractivity contribution in [1.82, 2.24) is 4.98 Å². The van der Waals surface area contributed by atoms with Crippen molar-refractivity contribution in [2.45, 2.75) is 18.9 Å². The number of aromatic nitrogens is 1. The van der Waals surface area contributed by atoms with Crippen molar-refractivity contribution in [3.05, 3.63) is 47.7 Å². The number of oxazole rings is 1. The predicted octanol–water partition coefficient (Wildman–Crippen LogP) is 4.13. The summed E-state index contributed by atoms with van der Waals surface area (Å²) in [4.78, 5) is 4.22. The molecule has 0 saturated heterocycles. The van der Waals surface area contributed by atoms with Crippen LogP contribution < -0.4 is 4.90 Å². The van der Waals surface area contributed by atoms with Crippen LogP contribution in [0.25, 0.3) is 0 Å². The number of nitriles is 1. The first-order valence-electron chi connectivity index (χ1n) is 6.40. The van der Waals surface area contributed by atoms with E-state index < -0.39 is 36.6 Å². The van der Waals surface area contributed by atoms with Crippen molar-refractivity contribution in [1.29, 1.82) is 5.26 Å². The molecule has 0 aliphatic rings. The number of hydrogen-bond acceptors (Lipinski definition) is 4. The molecular weight excluding hydrogens is 340 g/mol. The first-order chi connectivity index (χ1) is 11.1. The highest BCUT2D eigenvalue weighted by molar-refractivity contribution is 5.55. The van der Waals surface area contributed by atoms with Crippen LogP contribution in [0.1, 0.15) is 16.9 Å². The number of alkyl halides is 6. The minimum absolute atomic E-state index is 0.0529. The summed E-state index contributed by atoms with van der Waals surface area (Å²) >= 11 is 0. The van der Waals surface area contributed by atoms with Crippen molar-refractivity contribution in [2.24, 2.45) is 0 Å². The zero-order valence-electron chi connectivity index (χ0n) is 11.8. The fourth-order valence-corrected chi connectivity index (χ4v) is 2.02. The van der Waals surface area contributed by atoms with Crippen LogP contribution in [0.2, 0.25) is 0 Å². The van der Waals surface area contributed by atoms with Gasteiger partial charge in [-0.15, -0.1) is 0 Å². The molecule has 0 unspecified atom stereocenters. The molecule has 0 amide bonds. The molecule has 10 heteroatoms. The van der Waals surface area contributed by atoms with Gasteiger partial charge in [-0.3, -0.25) is 0 Å². The summed E-state index contributed by atoms with van der Waals surface area (Å²) in [6.45, 7) is -1.92. The Bertz CT molecular complexity index is 730. The maximum Gasteiger partial charge on any atom is 0.417 e. The largest absolute Gasteiger partial charge is 0.447 e. The Labute approximate surface area is 131 Å².